The molecule has 4 aromatic rings. The molecular formula is C22H16Cl2N4O3S. The van der Waals surface area contributed by atoms with E-state index in [-0.39, 0.29) is 17.8 Å². The number of carbonyl (C=O) groups is 2. The molecule has 10 heteroatoms. The standard InChI is InChI=1S/C22H16Cl2N4O3S/c23-17-19-15(32-20(17)24)9-16(27-19)31-22(30)26-14-8-11-4-1-2-6-13(11)18(14)28-21(29)12-5-3-7-25-10-12/h1-7,9-10,14,18,27H,8H2,(H,26,30)(H,28,29)/t14-,18-/m0/s1. The second-order valence-electron chi connectivity index (χ2n) is 7.30. The highest BCUT2D eigenvalue weighted by molar-refractivity contribution is 7.23. The number of ether oxygens (including phenoxy) is 1. The van der Waals surface area contributed by atoms with Crippen LogP contribution in [0, 0.1) is 0 Å². The van der Waals surface area contributed by atoms with Crippen LogP contribution in [-0.4, -0.2) is 28.0 Å². The summed E-state index contributed by atoms with van der Waals surface area (Å²) >= 11 is 13.5. The molecule has 0 aliphatic heterocycles. The van der Waals surface area contributed by atoms with Gasteiger partial charge >= 0.3 is 6.09 Å². The topological polar surface area (TPSA) is 96.1 Å². The maximum absolute atomic E-state index is 12.7. The van der Waals surface area contributed by atoms with Crippen LogP contribution in [0.2, 0.25) is 9.36 Å². The summed E-state index contributed by atoms with van der Waals surface area (Å²) < 4.78 is 6.69. The fraction of sp³-hybridized carbons (Fsp3) is 0.136. The molecule has 162 valence electrons. The van der Waals surface area contributed by atoms with Gasteiger partial charge in [0.2, 0.25) is 5.88 Å². The maximum Gasteiger partial charge on any atom is 0.414 e. The average molecular weight is 487 g/mol. The van der Waals surface area contributed by atoms with Crippen molar-refractivity contribution < 1.29 is 14.3 Å². The Labute approximate surface area is 196 Å². The van der Waals surface area contributed by atoms with Crippen LogP contribution >= 0.6 is 34.5 Å². The molecule has 7 nitrogen and oxygen atoms in total. The van der Waals surface area contributed by atoms with E-state index in [9.17, 15) is 9.59 Å². The predicted octanol–water partition coefficient (Wildman–Crippen LogP) is 5.12. The molecular weight excluding hydrogens is 471 g/mol. The number of pyridine rings is 1. The van der Waals surface area contributed by atoms with E-state index in [0.717, 1.165) is 15.8 Å². The number of hydrogen-bond donors (Lipinski definition) is 3. The SMILES string of the molecule is O=C(N[C@H]1Cc2ccccc2[C@@H]1NC(=O)c1cccnc1)Oc1cc2sc(Cl)c(Cl)c2[nH]1. The van der Waals surface area contributed by atoms with E-state index in [0.29, 0.717) is 26.9 Å². The van der Waals surface area contributed by atoms with Gasteiger partial charge in [-0.25, -0.2) is 4.79 Å². The van der Waals surface area contributed by atoms with Crippen LogP contribution in [0.5, 0.6) is 5.88 Å². The lowest BCUT2D eigenvalue weighted by Crippen LogP contribution is -2.45. The zero-order chi connectivity index (χ0) is 22.2. The molecule has 32 heavy (non-hydrogen) atoms. The summed E-state index contributed by atoms with van der Waals surface area (Å²) in [4.78, 5) is 32.3. The number of nitrogens with one attached hydrogen (secondary N) is 3. The number of halogens is 2. The molecule has 2 atom stereocenters. The van der Waals surface area contributed by atoms with E-state index in [4.69, 9.17) is 27.9 Å². The lowest BCUT2D eigenvalue weighted by atomic mass is 10.1. The number of H-pyrrole nitrogens is 1. The van der Waals surface area contributed by atoms with Crippen molar-refractivity contribution in [2.45, 2.75) is 18.5 Å². The van der Waals surface area contributed by atoms with Gasteiger partial charge in [0.05, 0.1) is 32.9 Å². The number of fused-ring (bicyclic) bond motifs is 2. The van der Waals surface area contributed by atoms with Crippen LogP contribution in [0.25, 0.3) is 10.2 Å². The van der Waals surface area contributed by atoms with Crippen molar-refractivity contribution in [3.05, 3.63) is 80.9 Å². The van der Waals surface area contributed by atoms with Gasteiger partial charge in [0.1, 0.15) is 4.34 Å². The van der Waals surface area contributed by atoms with E-state index in [2.05, 4.69) is 20.6 Å². The molecule has 0 saturated heterocycles. The molecule has 0 saturated carbocycles. The summed E-state index contributed by atoms with van der Waals surface area (Å²) in [5, 5.41) is 6.29. The summed E-state index contributed by atoms with van der Waals surface area (Å²) in [5.41, 5.74) is 3.08. The van der Waals surface area contributed by atoms with Gasteiger partial charge < -0.3 is 20.4 Å². The second kappa shape index (κ2) is 8.46. The molecule has 3 heterocycles. The van der Waals surface area contributed by atoms with Gasteiger partial charge in [-0.05, 0) is 29.7 Å². The highest BCUT2D eigenvalue weighted by Gasteiger charge is 2.35. The number of aromatic amines is 1. The average Bonchev–Trinajstić information content (AvgIpc) is 3.41. The number of hydrogen-bond acceptors (Lipinski definition) is 5. The number of nitrogens with zero attached hydrogens (tertiary/aromatic N) is 1. The smallest absolute Gasteiger partial charge is 0.393 e. The highest BCUT2D eigenvalue weighted by atomic mass is 35.5. The van der Waals surface area contributed by atoms with Gasteiger partial charge in [-0.15, -0.1) is 11.3 Å². The summed E-state index contributed by atoms with van der Waals surface area (Å²) in [6.45, 7) is 0. The Morgan fingerprint density at radius 1 is 1.16 bits per heavy atom. The van der Waals surface area contributed by atoms with E-state index in [1.165, 1.54) is 17.5 Å². The number of carbonyl (C=O) groups excluding carboxylic acids is 2. The van der Waals surface area contributed by atoms with E-state index < -0.39 is 12.1 Å². The van der Waals surface area contributed by atoms with Gasteiger partial charge in [-0.3, -0.25) is 9.78 Å². The minimum absolute atomic E-state index is 0.258. The maximum atomic E-state index is 12.7. The molecule has 1 aliphatic rings. The Hall–Kier alpha value is -3.07. The zero-order valence-electron chi connectivity index (χ0n) is 16.4. The fourth-order valence-corrected chi connectivity index (χ4v) is 5.33. The largest absolute Gasteiger partial charge is 0.414 e. The summed E-state index contributed by atoms with van der Waals surface area (Å²) in [7, 11) is 0. The van der Waals surface area contributed by atoms with Crippen molar-refractivity contribution in [3.8, 4) is 5.88 Å². The Morgan fingerprint density at radius 2 is 2.00 bits per heavy atom. The van der Waals surface area contributed by atoms with Gasteiger partial charge in [-0.1, -0.05) is 47.5 Å². The number of amides is 2. The molecule has 0 unspecified atom stereocenters. The molecule has 1 aliphatic carbocycles. The minimum Gasteiger partial charge on any atom is -0.393 e. The van der Waals surface area contributed by atoms with Crippen molar-refractivity contribution >= 4 is 56.8 Å². The fourth-order valence-electron chi connectivity index (χ4n) is 3.86. The van der Waals surface area contributed by atoms with Crippen molar-refractivity contribution in [1.29, 1.82) is 0 Å². The van der Waals surface area contributed by atoms with Gasteiger partial charge in [0.15, 0.2) is 0 Å². The first-order chi connectivity index (χ1) is 15.5. The molecule has 2 amide bonds. The summed E-state index contributed by atoms with van der Waals surface area (Å²) in [5.74, 6) is -0.00938. The Bertz CT molecular complexity index is 1320. The normalized spacial score (nSPS) is 17.2. The number of aromatic nitrogens is 2. The first-order valence-corrected chi connectivity index (χ1v) is 11.3. The third-order valence-electron chi connectivity index (χ3n) is 5.30. The lowest BCUT2D eigenvalue weighted by molar-refractivity contribution is 0.0928. The minimum atomic E-state index is -0.639. The second-order valence-corrected chi connectivity index (χ2v) is 9.33. The van der Waals surface area contributed by atoms with Crippen LogP contribution in [0.3, 0.4) is 0 Å². The molecule has 0 bridgehead atoms. The predicted molar refractivity (Wildman–Crippen MR) is 124 cm³/mol. The van der Waals surface area contributed by atoms with Crippen LogP contribution in [0.4, 0.5) is 4.79 Å². The van der Waals surface area contributed by atoms with E-state index in [1.807, 2.05) is 24.3 Å². The third kappa shape index (κ3) is 3.92. The Kier molecular flexibility index (Phi) is 5.50. The molecule has 0 radical (unpaired) electrons. The van der Waals surface area contributed by atoms with Crippen molar-refractivity contribution in [3.63, 3.8) is 0 Å². The van der Waals surface area contributed by atoms with Crippen LogP contribution in [0.15, 0.2) is 54.9 Å². The zero-order valence-corrected chi connectivity index (χ0v) is 18.7. The van der Waals surface area contributed by atoms with E-state index >= 15 is 0 Å². The van der Waals surface area contributed by atoms with Crippen molar-refractivity contribution in [1.82, 2.24) is 20.6 Å². The monoisotopic (exact) mass is 486 g/mol. The molecule has 0 fully saturated rings. The van der Waals surface area contributed by atoms with Gasteiger partial charge in [-0.2, -0.15) is 0 Å². The molecule has 3 aromatic heterocycles. The van der Waals surface area contributed by atoms with Crippen LogP contribution in [0.1, 0.15) is 27.5 Å². The third-order valence-corrected chi connectivity index (χ3v) is 7.23. The molecule has 0 spiro atoms. The number of thiophene rings is 1. The summed E-state index contributed by atoms with van der Waals surface area (Å²) in [6, 6.07) is 12.0. The van der Waals surface area contributed by atoms with Crippen molar-refractivity contribution in [2.75, 3.05) is 0 Å². The first kappa shape index (κ1) is 20.8. The van der Waals surface area contributed by atoms with Gasteiger partial charge in [0, 0.05) is 18.5 Å². The Morgan fingerprint density at radius 3 is 2.78 bits per heavy atom. The summed E-state index contributed by atoms with van der Waals surface area (Å²) in [6.07, 6.45) is 3.03. The van der Waals surface area contributed by atoms with Crippen LogP contribution < -0.4 is 15.4 Å². The highest BCUT2D eigenvalue weighted by Crippen LogP contribution is 2.40. The Balaban J connectivity index is 1.32. The van der Waals surface area contributed by atoms with Crippen molar-refractivity contribution in [2.24, 2.45) is 0 Å². The number of benzene rings is 1. The quantitative estimate of drug-likeness (QED) is 0.373. The number of rotatable bonds is 4. The molecule has 3 N–H and O–H groups in total. The first-order valence-electron chi connectivity index (χ1n) is 9.73. The van der Waals surface area contributed by atoms with Gasteiger partial charge in [0.25, 0.3) is 5.91 Å². The molecule has 5 rings (SSSR count). The molecule has 1 aromatic carbocycles. The lowest BCUT2D eigenvalue weighted by Gasteiger charge is -2.22. The van der Waals surface area contributed by atoms with E-state index in [1.54, 1.807) is 24.4 Å². The van der Waals surface area contributed by atoms with Crippen LogP contribution in [-0.2, 0) is 6.42 Å².